The summed E-state index contributed by atoms with van der Waals surface area (Å²) in [5.41, 5.74) is 2.40. The fraction of sp³-hybridized carbons (Fsp3) is 0.545. The maximum atomic E-state index is 10.9. The summed E-state index contributed by atoms with van der Waals surface area (Å²) >= 11 is 0. The number of aromatic carboxylic acids is 1. The Kier molecular flexibility index (Phi) is 2.10. The topological polar surface area (TPSA) is 42.2 Å². The minimum Gasteiger partial charge on any atom is -0.478 e. The first-order valence-electron chi connectivity index (χ1n) is 4.99. The number of carbonyl (C=O) groups is 1. The third-order valence-electron chi connectivity index (χ3n) is 2.94. The molecular formula is C11H15NO2. The number of carboxylic acid groups (broad SMARTS) is 1. The standard InChI is InChI=1S/C11H15NO2/c1-7-5-10(11(13)14)8(2)12(7)6-9-3-4-9/h5,9H,3-4,6H2,1-2H3,(H,13,14). The van der Waals surface area contributed by atoms with Crippen molar-refractivity contribution in [1.29, 1.82) is 0 Å². The summed E-state index contributed by atoms with van der Waals surface area (Å²) in [6.45, 7) is 4.85. The monoisotopic (exact) mass is 193 g/mol. The van der Waals surface area contributed by atoms with Crippen LogP contribution in [0.4, 0.5) is 0 Å². The fourth-order valence-electron chi connectivity index (χ4n) is 1.86. The van der Waals surface area contributed by atoms with E-state index in [0.717, 1.165) is 23.9 Å². The molecule has 0 unspecified atom stereocenters. The lowest BCUT2D eigenvalue weighted by Crippen LogP contribution is -2.05. The minimum atomic E-state index is -0.819. The predicted molar refractivity (Wildman–Crippen MR) is 53.6 cm³/mol. The van der Waals surface area contributed by atoms with Gasteiger partial charge in [-0.2, -0.15) is 0 Å². The van der Waals surface area contributed by atoms with E-state index < -0.39 is 5.97 Å². The highest BCUT2D eigenvalue weighted by atomic mass is 16.4. The van der Waals surface area contributed by atoms with Crippen LogP contribution in [0.15, 0.2) is 6.07 Å². The van der Waals surface area contributed by atoms with E-state index in [9.17, 15) is 4.79 Å². The molecule has 1 N–H and O–H groups in total. The first-order chi connectivity index (χ1) is 6.59. The Labute approximate surface area is 83.4 Å². The van der Waals surface area contributed by atoms with Gasteiger partial charge in [-0.3, -0.25) is 0 Å². The number of hydrogen-bond acceptors (Lipinski definition) is 1. The van der Waals surface area contributed by atoms with Gasteiger partial charge in [-0.15, -0.1) is 0 Å². The van der Waals surface area contributed by atoms with Gasteiger partial charge in [0.05, 0.1) is 5.56 Å². The summed E-state index contributed by atoms with van der Waals surface area (Å²) in [4.78, 5) is 10.9. The summed E-state index contributed by atoms with van der Waals surface area (Å²) in [7, 11) is 0. The number of aryl methyl sites for hydroxylation is 1. The van der Waals surface area contributed by atoms with Crippen molar-refractivity contribution >= 4 is 5.97 Å². The molecule has 0 bridgehead atoms. The van der Waals surface area contributed by atoms with Crippen LogP contribution >= 0.6 is 0 Å². The summed E-state index contributed by atoms with van der Waals surface area (Å²) < 4.78 is 2.13. The third kappa shape index (κ3) is 1.54. The van der Waals surface area contributed by atoms with Gasteiger partial charge in [0.15, 0.2) is 0 Å². The molecule has 3 heteroatoms. The van der Waals surface area contributed by atoms with Gasteiger partial charge < -0.3 is 9.67 Å². The van der Waals surface area contributed by atoms with Gasteiger partial charge in [-0.25, -0.2) is 4.79 Å². The average molecular weight is 193 g/mol. The van der Waals surface area contributed by atoms with Gasteiger partial charge in [0.2, 0.25) is 0 Å². The number of carboxylic acids is 1. The van der Waals surface area contributed by atoms with E-state index in [2.05, 4.69) is 4.57 Å². The molecule has 0 atom stereocenters. The second kappa shape index (κ2) is 3.15. The molecule has 1 heterocycles. The normalized spacial score (nSPS) is 15.9. The molecule has 0 aliphatic heterocycles. The second-order valence-corrected chi connectivity index (χ2v) is 4.14. The highest BCUT2D eigenvalue weighted by Crippen LogP contribution is 2.32. The van der Waals surface area contributed by atoms with Gasteiger partial charge in [-0.1, -0.05) is 0 Å². The van der Waals surface area contributed by atoms with E-state index in [1.165, 1.54) is 12.8 Å². The van der Waals surface area contributed by atoms with Gasteiger partial charge >= 0.3 is 5.97 Å². The summed E-state index contributed by atoms with van der Waals surface area (Å²) in [5.74, 6) is -0.0402. The molecule has 1 aromatic rings. The molecule has 3 nitrogen and oxygen atoms in total. The van der Waals surface area contributed by atoms with Crippen LogP contribution in [0.5, 0.6) is 0 Å². The highest BCUT2D eigenvalue weighted by Gasteiger charge is 2.24. The minimum absolute atomic E-state index is 0.447. The van der Waals surface area contributed by atoms with Crippen LogP contribution in [0.3, 0.4) is 0 Å². The molecule has 0 saturated heterocycles. The molecule has 14 heavy (non-hydrogen) atoms. The lowest BCUT2D eigenvalue weighted by Gasteiger charge is -2.07. The van der Waals surface area contributed by atoms with Crippen molar-refractivity contribution in [2.45, 2.75) is 33.2 Å². The Morgan fingerprint density at radius 3 is 2.64 bits per heavy atom. The van der Waals surface area contributed by atoms with Crippen LogP contribution in [0.1, 0.15) is 34.6 Å². The molecular weight excluding hydrogens is 178 g/mol. The Morgan fingerprint density at radius 1 is 1.57 bits per heavy atom. The molecule has 76 valence electrons. The fourth-order valence-corrected chi connectivity index (χ4v) is 1.86. The van der Waals surface area contributed by atoms with Gasteiger partial charge in [0, 0.05) is 17.9 Å². The van der Waals surface area contributed by atoms with E-state index in [1.807, 2.05) is 13.8 Å². The lowest BCUT2D eigenvalue weighted by atomic mass is 10.2. The average Bonchev–Trinajstić information content (AvgIpc) is 2.87. The zero-order valence-corrected chi connectivity index (χ0v) is 8.58. The molecule has 1 aromatic heterocycles. The number of hydrogen-bond donors (Lipinski definition) is 1. The van der Waals surface area contributed by atoms with Crippen LogP contribution in [0, 0.1) is 19.8 Å². The summed E-state index contributed by atoms with van der Waals surface area (Å²) in [6, 6.07) is 1.76. The largest absolute Gasteiger partial charge is 0.478 e. The number of rotatable bonds is 3. The Balaban J connectivity index is 2.32. The maximum absolute atomic E-state index is 10.9. The highest BCUT2D eigenvalue weighted by molar-refractivity contribution is 5.89. The van der Waals surface area contributed by atoms with Crippen LogP contribution in [0.25, 0.3) is 0 Å². The molecule has 1 aliphatic rings. The van der Waals surface area contributed by atoms with E-state index in [1.54, 1.807) is 6.07 Å². The van der Waals surface area contributed by atoms with Gasteiger partial charge in [-0.05, 0) is 38.7 Å². The van der Waals surface area contributed by atoms with Crippen molar-refractivity contribution in [2.75, 3.05) is 0 Å². The molecule has 1 saturated carbocycles. The molecule has 0 aromatic carbocycles. The first kappa shape index (κ1) is 9.31. The molecule has 1 aliphatic carbocycles. The number of nitrogens with zero attached hydrogens (tertiary/aromatic N) is 1. The SMILES string of the molecule is Cc1cc(C(=O)O)c(C)n1CC1CC1. The van der Waals surface area contributed by atoms with E-state index in [4.69, 9.17) is 5.11 Å². The molecule has 2 rings (SSSR count). The van der Waals surface area contributed by atoms with Crippen molar-refractivity contribution in [1.82, 2.24) is 4.57 Å². The van der Waals surface area contributed by atoms with Crippen LogP contribution in [0.2, 0.25) is 0 Å². The molecule has 0 amide bonds. The molecule has 0 radical (unpaired) electrons. The van der Waals surface area contributed by atoms with Crippen LogP contribution in [-0.4, -0.2) is 15.6 Å². The lowest BCUT2D eigenvalue weighted by molar-refractivity contribution is 0.0696. The second-order valence-electron chi connectivity index (χ2n) is 4.14. The van der Waals surface area contributed by atoms with Gasteiger partial charge in [0.25, 0.3) is 0 Å². The van der Waals surface area contributed by atoms with Gasteiger partial charge in [0.1, 0.15) is 0 Å². The van der Waals surface area contributed by atoms with E-state index >= 15 is 0 Å². The van der Waals surface area contributed by atoms with Crippen molar-refractivity contribution in [2.24, 2.45) is 5.92 Å². The summed E-state index contributed by atoms with van der Waals surface area (Å²) in [5, 5.41) is 8.94. The zero-order valence-electron chi connectivity index (χ0n) is 8.58. The molecule has 0 spiro atoms. The van der Waals surface area contributed by atoms with Crippen LogP contribution in [-0.2, 0) is 6.54 Å². The summed E-state index contributed by atoms with van der Waals surface area (Å²) in [6.07, 6.45) is 2.58. The Hall–Kier alpha value is -1.25. The Bertz CT molecular complexity index is 375. The Morgan fingerprint density at radius 2 is 2.21 bits per heavy atom. The van der Waals surface area contributed by atoms with E-state index in [0.29, 0.717) is 5.56 Å². The first-order valence-corrected chi connectivity index (χ1v) is 4.99. The van der Waals surface area contributed by atoms with Crippen molar-refractivity contribution < 1.29 is 9.90 Å². The molecule has 1 fully saturated rings. The van der Waals surface area contributed by atoms with E-state index in [-0.39, 0.29) is 0 Å². The van der Waals surface area contributed by atoms with Crippen molar-refractivity contribution in [3.63, 3.8) is 0 Å². The predicted octanol–water partition coefficient (Wildman–Crippen LogP) is 2.21. The quantitative estimate of drug-likeness (QED) is 0.799. The zero-order chi connectivity index (χ0) is 10.3. The third-order valence-corrected chi connectivity index (χ3v) is 2.94. The van der Waals surface area contributed by atoms with Crippen LogP contribution < -0.4 is 0 Å². The van der Waals surface area contributed by atoms with Crippen molar-refractivity contribution in [3.8, 4) is 0 Å². The smallest absolute Gasteiger partial charge is 0.337 e. The maximum Gasteiger partial charge on any atom is 0.337 e. The van der Waals surface area contributed by atoms with Crippen molar-refractivity contribution in [3.05, 3.63) is 23.0 Å². The number of aromatic nitrogens is 1.